The molecule has 1 amide bonds. The summed E-state index contributed by atoms with van der Waals surface area (Å²) in [7, 11) is 0. The normalized spacial score (nSPS) is 29.1. The predicted molar refractivity (Wildman–Crippen MR) is 101 cm³/mol. The van der Waals surface area contributed by atoms with Crippen molar-refractivity contribution in [2.24, 2.45) is 17.1 Å². The number of halogens is 1. The van der Waals surface area contributed by atoms with Gasteiger partial charge in [-0.05, 0) is 67.7 Å². The van der Waals surface area contributed by atoms with E-state index in [4.69, 9.17) is 17.3 Å². The standard InChI is InChI=1S/C20H26ClN3O/c21-17-5-1-4-16(12-17)20(14-22)8-6-18(7-9-20)24-19(25)11-15-3-2-10-23-13-15/h1-5,10,13,16,18H,6-9,11-12,14,22H2,(H,24,25)/t16?,18-,20-. The molecule has 3 rings (SSSR count). The number of hydrogen-bond acceptors (Lipinski definition) is 3. The van der Waals surface area contributed by atoms with Crippen molar-refractivity contribution in [1.29, 1.82) is 0 Å². The van der Waals surface area contributed by atoms with Gasteiger partial charge in [0, 0.05) is 23.5 Å². The van der Waals surface area contributed by atoms with Crippen molar-refractivity contribution < 1.29 is 4.79 Å². The number of pyridine rings is 1. The molecule has 1 heterocycles. The lowest BCUT2D eigenvalue weighted by Crippen LogP contribution is -2.46. The summed E-state index contributed by atoms with van der Waals surface area (Å²) < 4.78 is 0. The molecule has 0 radical (unpaired) electrons. The number of hydrogen-bond donors (Lipinski definition) is 2. The second-order valence-electron chi connectivity index (χ2n) is 7.26. The zero-order valence-electron chi connectivity index (χ0n) is 14.5. The van der Waals surface area contributed by atoms with E-state index < -0.39 is 0 Å². The number of allylic oxidation sites excluding steroid dienone is 4. The Balaban J connectivity index is 1.53. The van der Waals surface area contributed by atoms with Crippen LogP contribution in [0.4, 0.5) is 0 Å². The van der Waals surface area contributed by atoms with Crippen molar-refractivity contribution in [2.45, 2.75) is 44.6 Å². The lowest BCUT2D eigenvalue weighted by atomic mass is 9.63. The molecule has 4 nitrogen and oxygen atoms in total. The zero-order valence-corrected chi connectivity index (χ0v) is 15.2. The maximum Gasteiger partial charge on any atom is 0.224 e. The van der Waals surface area contributed by atoms with Gasteiger partial charge < -0.3 is 11.1 Å². The Kier molecular flexibility index (Phi) is 5.92. The number of aromatic nitrogens is 1. The lowest BCUT2D eigenvalue weighted by Gasteiger charge is -2.45. The fraction of sp³-hybridized carbons (Fsp3) is 0.500. The molecule has 0 aliphatic heterocycles. The largest absolute Gasteiger partial charge is 0.353 e. The summed E-state index contributed by atoms with van der Waals surface area (Å²) in [6, 6.07) is 4.03. The first kappa shape index (κ1) is 18.2. The molecule has 3 N–H and O–H groups in total. The molecule has 1 atom stereocenters. The molecule has 1 fully saturated rings. The molecule has 0 bridgehead atoms. The molecule has 1 saturated carbocycles. The van der Waals surface area contributed by atoms with E-state index >= 15 is 0 Å². The summed E-state index contributed by atoms with van der Waals surface area (Å²) in [5.41, 5.74) is 7.22. The van der Waals surface area contributed by atoms with Crippen molar-refractivity contribution >= 4 is 17.5 Å². The molecule has 1 unspecified atom stereocenters. The molecular formula is C20H26ClN3O. The monoisotopic (exact) mass is 359 g/mol. The first-order valence-electron chi connectivity index (χ1n) is 9.02. The quantitative estimate of drug-likeness (QED) is 0.847. The molecule has 134 valence electrons. The second kappa shape index (κ2) is 8.15. The minimum Gasteiger partial charge on any atom is -0.353 e. The first-order valence-corrected chi connectivity index (χ1v) is 9.40. The van der Waals surface area contributed by atoms with E-state index in [0.717, 1.165) is 42.7 Å². The maximum atomic E-state index is 12.3. The van der Waals surface area contributed by atoms with E-state index in [0.29, 0.717) is 18.9 Å². The Morgan fingerprint density at radius 1 is 1.40 bits per heavy atom. The Labute approximate surface area is 154 Å². The number of rotatable bonds is 5. The van der Waals surface area contributed by atoms with Crippen LogP contribution in [0.2, 0.25) is 0 Å². The van der Waals surface area contributed by atoms with Crippen LogP contribution in [-0.4, -0.2) is 23.5 Å². The smallest absolute Gasteiger partial charge is 0.224 e. The highest BCUT2D eigenvalue weighted by atomic mass is 35.5. The average molecular weight is 360 g/mol. The summed E-state index contributed by atoms with van der Waals surface area (Å²) in [6.45, 7) is 0.669. The highest BCUT2D eigenvalue weighted by Gasteiger charge is 2.40. The van der Waals surface area contributed by atoms with Gasteiger partial charge >= 0.3 is 0 Å². The van der Waals surface area contributed by atoms with Crippen LogP contribution in [0.3, 0.4) is 0 Å². The minimum absolute atomic E-state index is 0.0711. The van der Waals surface area contributed by atoms with Crippen LogP contribution in [-0.2, 0) is 11.2 Å². The van der Waals surface area contributed by atoms with E-state index in [1.54, 1.807) is 12.4 Å². The molecule has 25 heavy (non-hydrogen) atoms. The number of nitrogens with two attached hydrogens (primary N) is 1. The number of nitrogens with zero attached hydrogens (tertiary/aromatic N) is 1. The van der Waals surface area contributed by atoms with Crippen molar-refractivity contribution in [3.8, 4) is 0 Å². The topological polar surface area (TPSA) is 68.0 Å². The highest BCUT2D eigenvalue weighted by Crippen LogP contribution is 2.46. The van der Waals surface area contributed by atoms with Crippen molar-refractivity contribution in [2.75, 3.05) is 6.54 Å². The number of nitrogens with one attached hydrogen (secondary N) is 1. The molecule has 1 aromatic heterocycles. The Hall–Kier alpha value is -1.65. The zero-order chi connectivity index (χ0) is 17.7. The van der Waals surface area contributed by atoms with Crippen LogP contribution in [0.5, 0.6) is 0 Å². The number of amides is 1. The van der Waals surface area contributed by atoms with Crippen molar-refractivity contribution in [3.63, 3.8) is 0 Å². The SMILES string of the molecule is NC[C@]1(C2C=CC=C(Cl)C2)CC[C@H](NC(=O)Cc2cccnc2)CC1. The Morgan fingerprint density at radius 3 is 2.84 bits per heavy atom. The molecule has 0 saturated heterocycles. The van der Waals surface area contributed by atoms with E-state index in [1.807, 2.05) is 18.2 Å². The van der Waals surface area contributed by atoms with Crippen molar-refractivity contribution in [1.82, 2.24) is 10.3 Å². The molecule has 2 aliphatic carbocycles. The third-order valence-electron chi connectivity index (χ3n) is 5.66. The number of carbonyl (C=O) groups is 1. The summed E-state index contributed by atoms with van der Waals surface area (Å²) in [6.07, 6.45) is 15.0. The average Bonchev–Trinajstić information content (AvgIpc) is 2.63. The van der Waals surface area contributed by atoms with Crippen LogP contribution in [0.1, 0.15) is 37.7 Å². The molecule has 2 aliphatic rings. The third-order valence-corrected chi connectivity index (χ3v) is 5.94. The molecule has 0 aromatic carbocycles. The van der Waals surface area contributed by atoms with Gasteiger partial charge in [-0.3, -0.25) is 9.78 Å². The van der Waals surface area contributed by atoms with E-state index in [1.165, 1.54) is 0 Å². The number of carbonyl (C=O) groups excluding carboxylic acids is 1. The van der Waals surface area contributed by atoms with Crippen LogP contribution >= 0.6 is 11.6 Å². The fourth-order valence-corrected chi connectivity index (χ4v) is 4.33. The highest BCUT2D eigenvalue weighted by molar-refractivity contribution is 6.29. The van der Waals surface area contributed by atoms with Crippen LogP contribution in [0.25, 0.3) is 0 Å². The van der Waals surface area contributed by atoms with Gasteiger partial charge in [0.25, 0.3) is 0 Å². The molecular weight excluding hydrogens is 334 g/mol. The van der Waals surface area contributed by atoms with Crippen LogP contribution < -0.4 is 11.1 Å². The van der Waals surface area contributed by atoms with Gasteiger partial charge in [0.15, 0.2) is 0 Å². The second-order valence-corrected chi connectivity index (χ2v) is 7.74. The lowest BCUT2D eigenvalue weighted by molar-refractivity contribution is -0.121. The Bertz CT molecular complexity index is 648. The minimum atomic E-state index is 0.0711. The van der Waals surface area contributed by atoms with Gasteiger partial charge in [-0.15, -0.1) is 0 Å². The van der Waals surface area contributed by atoms with Gasteiger partial charge in [-0.2, -0.15) is 0 Å². The van der Waals surface area contributed by atoms with Gasteiger partial charge in [-0.1, -0.05) is 29.8 Å². The van der Waals surface area contributed by atoms with Crippen LogP contribution in [0.15, 0.2) is 47.8 Å². The first-order chi connectivity index (χ1) is 12.1. The summed E-state index contributed by atoms with van der Waals surface area (Å²) in [5, 5.41) is 4.09. The fourth-order valence-electron chi connectivity index (χ4n) is 4.09. The van der Waals surface area contributed by atoms with Crippen LogP contribution in [0, 0.1) is 11.3 Å². The summed E-state index contributed by atoms with van der Waals surface area (Å²) in [5.74, 6) is 0.476. The van der Waals surface area contributed by atoms with Gasteiger partial charge in [0.05, 0.1) is 6.42 Å². The van der Waals surface area contributed by atoms with E-state index in [9.17, 15) is 4.79 Å². The van der Waals surface area contributed by atoms with E-state index in [2.05, 4.69) is 22.5 Å². The van der Waals surface area contributed by atoms with Gasteiger partial charge in [0.2, 0.25) is 5.91 Å². The van der Waals surface area contributed by atoms with Gasteiger partial charge in [-0.25, -0.2) is 0 Å². The predicted octanol–water partition coefficient (Wildman–Crippen LogP) is 3.33. The maximum absolute atomic E-state index is 12.3. The summed E-state index contributed by atoms with van der Waals surface area (Å²) >= 11 is 6.23. The molecule has 5 heteroatoms. The van der Waals surface area contributed by atoms with Gasteiger partial charge in [0.1, 0.15) is 0 Å². The summed E-state index contributed by atoms with van der Waals surface area (Å²) in [4.78, 5) is 16.3. The third kappa shape index (κ3) is 4.50. The Morgan fingerprint density at radius 2 is 2.20 bits per heavy atom. The molecule has 0 spiro atoms. The molecule has 1 aromatic rings. The van der Waals surface area contributed by atoms with E-state index in [-0.39, 0.29) is 17.4 Å². The van der Waals surface area contributed by atoms with Crippen molar-refractivity contribution in [3.05, 3.63) is 53.4 Å².